The van der Waals surface area contributed by atoms with Gasteiger partial charge < -0.3 is 20.3 Å². The second-order valence-electron chi connectivity index (χ2n) is 9.17. The average molecular weight is 478 g/mol. The summed E-state index contributed by atoms with van der Waals surface area (Å²) in [5, 5.41) is 5.46. The van der Waals surface area contributed by atoms with Gasteiger partial charge in [-0.15, -0.1) is 6.42 Å². The average Bonchev–Trinajstić information content (AvgIpc) is 2.83. The SMILES string of the molecule is C#Cc1ccc(C(C(=O)NCc2ccccc2)N(CCCC)C(=O)CNC(=O)OC(C)(C)C)cc1. The summed E-state index contributed by atoms with van der Waals surface area (Å²) in [5.74, 6) is 1.86. The van der Waals surface area contributed by atoms with Gasteiger partial charge >= 0.3 is 6.09 Å². The van der Waals surface area contributed by atoms with Crippen molar-refractivity contribution < 1.29 is 19.1 Å². The van der Waals surface area contributed by atoms with E-state index in [1.165, 1.54) is 4.90 Å². The number of hydrogen-bond acceptors (Lipinski definition) is 4. The molecule has 0 aliphatic rings. The number of nitrogens with one attached hydrogen (secondary N) is 2. The second kappa shape index (κ2) is 13.2. The number of carbonyl (C=O) groups excluding carboxylic acids is 3. The Hall–Kier alpha value is -3.79. The van der Waals surface area contributed by atoms with Crippen molar-refractivity contribution in [3.05, 3.63) is 71.3 Å². The second-order valence-corrected chi connectivity index (χ2v) is 9.17. The number of ether oxygens (including phenoxy) is 1. The fourth-order valence-corrected chi connectivity index (χ4v) is 3.41. The Morgan fingerprint density at radius 3 is 2.26 bits per heavy atom. The van der Waals surface area contributed by atoms with Gasteiger partial charge in [-0.25, -0.2) is 4.79 Å². The lowest BCUT2D eigenvalue weighted by Gasteiger charge is -2.32. The van der Waals surface area contributed by atoms with Crippen molar-refractivity contribution in [3.63, 3.8) is 0 Å². The molecule has 2 aromatic carbocycles. The van der Waals surface area contributed by atoms with E-state index < -0.39 is 17.7 Å². The zero-order valence-corrected chi connectivity index (χ0v) is 21.0. The molecule has 0 aliphatic heterocycles. The van der Waals surface area contributed by atoms with Gasteiger partial charge in [-0.3, -0.25) is 9.59 Å². The summed E-state index contributed by atoms with van der Waals surface area (Å²) in [6, 6.07) is 15.7. The number of hydrogen-bond donors (Lipinski definition) is 2. The quantitative estimate of drug-likeness (QED) is 0.503. The molecule has 1 unspecified atom stereocenters. The molecule has 7 heteroatoms. The summed E-state index contributed by atoms with van der Waals surface area (Å²) in [5.41, 5.74) is 1.57. The monoisotopic (exact) mass is 477 g/mol. The van der Waals surface area contributed by atoms with Crippen LogP contribution in [0.15, 0.2) is 54.6 Å². The van der Waals surface area contributed by atoms with Crippen molar-refractivity contribution in [1.29, 1.82) is 0 Å². The Labute approximate surface area is 208 Å². The van der Waals surface area contributed by atoms with Crippen LogP contribution in [0.5, 0.6) is 0 Å². The Balaban J connectivity index is 2.29. The summed E-state index contributed by atoms with van der Waals surface area (Å²) in [6.45, 7) is 7.63. The minimum Gasteiger partial charge on any atom is -0.444 e. The van der Waals surface area contributed by atoms with Crippen LogP contribution in [0.1, 0.15) is 63.3 Å². The fourth-order valence-electron chi connectivity index (χ4n) is 3.41. The molecule has 0 heterocycles. The summed E-state index contributed by atoms with van der Waals surface area (Å²) < 4.78 is 5.24. The molecule has 0 saturated carbocycles. The maximum atomic E-state index is 13.4. The van der Waals surface area contributed by atoms with Gasteiger partial charge in [0, 0.05) is 18.7 Å². The molecule has 0 bridgehead atoms. The van der Waals surface area contributed by atoms with Crippen LogP contribution in [-0.4, -0.2) is 41.5 Å². The summed E-state index contributed by atoms with van der Waals surface area (Å²) in [4.78, 5) is 40.3. The third-order valence-electron chi connectivity index (χ3n) is 5.12. The van der Waals surface area contributed by atoms with Gasteiger partial charge in [-0.05, 0) is 50.5 Å². The molecule has 7 nitrogen and oxygen atoms in total. The third-order valence-corrected chi connectivity index (χ3v) is 5.12. The van der Waals surface area contributed by atoms with Crippen LogP contribution < -0.4 is 10.6 Å². The van der Waals surface area contributed by atoms with Crippen LogP contribution in [0.4, 0.5) is 4.79 Å². The molecule has 3 amide bonds. The van der Waals surface area contributed by atoms with Crippen LogP contribution >= 0.6 is 0 Å². The molecule has 35 heavy (non-hydrogen) atoms. The van der Waals surface area contributed by atoms with Gasteiger partial charge in [0.25, 0.3) is 0 Å². The van der Waals surface area contributed by atoms with Crippen molar-refractivity contribution >= 4 is 17.9 Å². The van der Waals surface area contributed by atoms with Crippen LogP contribution in [0.3, 0.4) is 0 Å². The van der Waals surface area contributed by atoms with Crippen LogP contribution in [0.2, 0.25) is 0 Å². The zero-order valence-electron chi connectivity index (χ0n) is 21.0. The third kappa shape index (κ3) is 9.17. The van der Waals surface area contributed by atoms with E-state index >= 15 is 0 Å². The molecule has 0 fully saturated rings. The lowest BCUT2D eigenvalue weighted by Crippen LogP contribution is -2.48. The first-order valence-corrected chi connectivity index (χ1v) is 11.8. The minimum atomic E-state index is -0.884. The van der Waals surface area contributed by atoms with Gasteiger partial charge in [0.2, 0.25) is 11.8 Å². The molecule has 2 rings (SSSR count). The number of benzene rings is 2. The van der Waals surface area contributed by atoms with Gasteiger partial charge in [0.05, 0.1) is 0 Å². The normalized spacial score (nSPS) is 11.6. The molecule has 2 N–H and O–H groups in total. The van der Waals surface area contributed by atoms with Crippen LogP contribution in [0, 0.1) is 12.3 Å². The topological polar surface area (TPSA) is 87.7 Å². The van der Waals surface area contributed by atoms with Crippen molar-refractivity contribution in [2.45, 2.75) is 58.7 Å². The van der Waals surface area contributed by atoms with Crippen molar-refractivity contribution in [2.75, 3.05) is 13.1 Å². The lowest BCUT2D eigenvalue weighted by atomic mass is 10.0. The Morgan fingerprint density at radius 1 is 1.03 bits per heavy atom. The van der Waals surface area contributed by atoms with E-state index in [-0.39, 0.29) is 18.4 Å². The van der Waals surface area contributed by atoms with Gasteiger partial charge in [0.1, 0.15) is 18.2 Å². The van der Waals surface area contributed by atoms with Crippen LogP contribution in [0.25, 0.3) is 0 Å². The lowest BCUT2D eigenvalue weighted by molar-refractivity contribution is -0.140. The van der Waals surface area contributed by atoms with E-state index in [9.17, 15) is 14.4 Å². The molecular formula is C28H35N3O4. The van der Waals surface area contributed by atoms with Crippen LogP contribution in [-0.2, 0) is 20.9 Å². The summed E-state index contributed by atoms with van der Waals surface area (Å²) in [7, 11) is 0. The van der Waals surface area contributed by atoms with Gasteiger partial charge in [0.15, 0.2) is 0 Å². The molecule has 0 aliphatic carbocycles. The highest BCUT2D eigenvalue weighted by Gasteiger charge is 2.31. The first-order chi connectivity index (χ1) is 16.6. The number of amides is 3. The number of nitrogens with zero attached hydrogens (tertiary/aromatic N) is 1. The largest absolute Gasteiger partial charge is 0.444 e. The molecular weight excluding hydrogens is 442 g/mol. The van der Waals surface area contributed by atoms with Crippen molar-refractivity contribution in [3.8, 4) is 12.3 Å². The molecule has 0 saturated heterocycles. The molecule has 186 valence electrons. The highest BCUT2D eigenvalue weighted by Crippen LogP contribution is 2.23. The standard InChI is InChI=1S/C28H35N3O4/c1-6-8-18-31(24(32)20-30-27(34)35-28(3,4)5)25(23-16-14-21(7-2)15-17-23)26(33)29-19-22-12-10-9-11-13-22/h2,9-17,25H,6,8,18-20H2,1,3-5H3,(H,29,33)(H,30,34). The number of rotatable bonds is 10. The van der Waals surface area contributed by atoms with Crippen molar-refractivity contribution in [1.82, 2.24) is 15.5 Å². The molecule has 0 aromatic heterocycles. The summed E-state index contributed by atoms with van der Waals surface area (Å²) >= 11 is 0. The van der Waals surface area contributed by atoms with E-state index in [2.05, 4.69) is 16.6 Å². The zero-order chi connectivity index (χ0) is 25.8. The molecule has 0 spiro atoms. The highest BCUT2D eigenvalue weighted by atomic mass is 16.6. The Morgan fingerprint density at radius 2 is 1.69 bits per heavy atom. The minimum absolute atomic E-state index is 0.288. The Kier molecular flexibility index (Phi) is 10.3. The molecule has 0 radical (unpaired) electrons. The summed E-state index contributed by atoms with van der Waals surface area (Å²) in [6.07, 6.45) is 6.33. The molecule has 1 atom stereocenters. The maximum Gasteiger partial charge on any atom is 0.408 e. The fraction of sp³-hybridized carbons (Fsp3) is 0.393. The first kappa shape index (κ1) is 27.5. The van der Waals surface area contributed by atoms with Gasteiger partial charge in [-0.1, -0.05) is 61.7 Å². The van der Waals surface area contributed by atoms with E-state index in [0.717, 1.165) is 12.0 Å². The Bertz CT molecular complexity index is 1020. The van der Waals surface area contributed by atoms with E-state index in [4.69, 9.17) is 11.2 Å². The predicted molar refractivity (Wildman–Crippen MR) is 136 cm³/mol. The van der Waals surface area contributed by atoms with Crippen molar-refractivity contribution in [2.24, 2.45) is 0 Å². The van der Waals surface area contributed by atoms with Gasteiger partial charge in [-0.2, -0.15) is 0 Å². The van der Waals surface area contributed by atoms with E-state index in [1.807, 2.05) is 37.3 Å². The number of alkyl carbamates (subject to hydrolysis) is 1. The first-order valence-electron chi connectivity index (χ1n) is 11.8. The van der Waals surface area contributed by atoms with E-state index in [1.54, 1.807) is 45.0 Å². The van der Waals surface area contributed by atoms with E-state index in [0.29, 0.717) is 30.6 Å². The maximum absolute atomic E-state index is 13.4. The number of carbonyl (C=O) groups is 3. The number of terminal acetylenes is 1. The highest BCUT2D eigenvalue weighted by molar-refractivity contribution is 5.90. The predicted octanol–water partition coefficient (Wildman–Crippen LogP) is 4.18. The number of unbranched alkanes of at least 4 members (excludes halogenated alkanes) is 1. The molecule has 2 aromatic rings. The smallest absolute Gasteiger partial charge is 0.408 e.